The first-order chi connectivity index (χ1) is 12.4. The molecule has 1 aromatic heterocycles. The first-order valence-electron chi connectivity index (χ1n) is 8.53. The number of hydrogen-bond acceptors (Lipinski definition) is 4. The van der Waals surface area contributed by atoms with Gasteiger partial charge in [-0.15, -0.1) is 11.3 Å². The predicted molar refractivity (Wildman–Crippen MR) is 109 cm³/mol. The Hall–Kier alpha value is -2.02. The fourth-order valence-corrected chi connectivity index (χ4v) is 3.95. The van der Waals surface area contributed by atoms with Gasteiger partial charge in [0, 0.05) is 23.1 Å². The number of nitrogens with zero attached hydrogens (tertiary/aromatic N) is 1. The monoisotopic (exact) mass is 386 g/mol. The number of thiazole rings is 1. The van der Waals surface area contributed by atoms with Crippen LogP contribution in [-0.4, -0.2) is 26.2 Å². The van der Waals surface area contributed by atoms with Crippen molar-refractivity contribution >= 4 is 21.4 Å². The van der Waals surface area contributed by atoms with Gasteiger partial charge in [0.2, 0.25) is 10.0 Å². The molecule has 0 spiro atoms. The summed E-state index contributed by atoms with van der Waals surface area (Å²) in [7, 11) is -3.13. The number of hydrogen-bond donors (Lipinski definition) is 1. The molecule has 0 unspecified atom stereocenters. The lowest BCUT2D eigenvalue weighted by molar-refractivity contribution is 0.588. The van der Waals surface area contributed by atoms with Gasteiger partial charge in [-0.1, -0.05) is 55.5 Å². The van der Waals surface area contributed by atoms with Crippen LogP contribution in [0.25, 0.3) is 21.8 Å². The Bertz CT molecular complexity index is 960. The van der Waals surface area contributed by atoms with Crippen molar-refractivity contribution in [2.24, 2.45) is 0 Å². The molecule has 0 saturated heterocycles. The van der Waals surface area contributed by atoms with E-state index in [2.05, 4.69) is 41.3 Å². The number of rotatable bonds is 7. The van der Waals surface area contributed by atoms with Gasteiger partial charge in [0.15, 0.2) is 0 Å². The maximum Gasteiger partial charge on any atom is 0.208 e. The molecule has 0 aliphatic carbocycles. The Labute approximate surface area is 159 Å². The normalized spacial score (nSPS) is 11.6. The molecule has 4 nitrogen and oxygen atoms in total. The number of aromatic nitrogens is 1. The van der Waals surface area contributed by atoms with Crippen molar-refractivity contribution in [2.75, 3.05) is 12.8 Å². The van der Waals surface area contributed by atoms with Gasteiger partial charge in [0.05, 0.1) is 11.9 Å². The van der Waals surface area contributed by atoms with Crippen molar-refractivity contribution in [1.29, 1.82) is 0 Å². The van der Waals surface area contributed by atoms with Crippen LogP contribution in [0.2, 0.25) is 0 Å². The van der Waals surface area contributed by atoms with Crippen LogP contribution in [0.3, 0.4) is 0 Å². The van der Waals surface area contributed by atoms with Crippen LogP contribution in [-0.2, 0) is 22.9 Å². The molecule has 0 saturated carbocycles. The summed E-state index contributed by atoms with van der Waals surface area (Å²) in [4.78, 5) is 4.76. The van der Waals surface area contributed by atoms with E-state index in [1.807, 2.05) is 24.3 Å². The Morgan fingerprint density at radius 1 is 0.962 bits per heavy atom. The average Bonchev–Trinajstić information content (AvgIpc) is 3.11. The van der Waals surface area contributed by atoms with Gasteiger partial charge in [-0.2, -0.15) is 0 Å². The van der Waals surface area contributed by atoms with Crippen LogP contribution >= 0.6 is 11.3 Å². The SMILES string of the molecule is CCc1ccc(-c2nc(-c3ccc(CCNS(C)(=O)=O)cc3)cs2)cc1. The Balaban J connectivity index is 1.68. The van der Waals surface area contributed by atoms with E-state index >= 15 is 0 Å². The van der Waals surface area contributed by atoms with E-state index in [1.54, 1.807) is 11.3 Å². The zero-order chi connectivity index (χ0) is 18.6. The number of benzene rings is 2. The molecule has 0 aliphatic heterocycles. The predicted octanol–water partition coefficient (Wildman–Crippen LogP) is 4.13. The molecule has 3 rings (SSSR count). The second-order valence-corrected chi connectivity index (χ2v) is 8.89. The molecule has 136 valence electrons. The summed E-state index contributed by atoms with van der Waals surface area (Å²) >= 11 is 1.64. The van der Waals surface area contributed by atoms with Gasteiger partial charge in [-0.05, 0) is 24.0 Å². The van der Waals surface area contributed by atoms with Crippen molar-refractivity contribution < 1.29 is 8.42 Å². The van der Waals surface area contributed by atoms with Gasteiger partial charge < -0.3 is 0 Å². The summed E-state index contributed by atoms with van der Waals surface area (Å²) in [5.41, 5.74) is 5.59. The summed E-state index contributed by atoms with van der Waals surface area (Å²) in [6, 6.07) is 16.7. The molecule has 0 radical (unpaired) electrons. The van der Waals surface area contributed by atoms with Gasteiger partial charge in [0.25, 0.3) is 0 Å². The molecular formula is C20H22N2O2S2. The summed E-state index contributed by atoms with van der Waals surface area (Å²) < 4.78 is 24.7. The molecule has 0 bridgehead atoms. The highest BCUT2D eigenvalue weighted by Crippen LogP contribution is 2.29. The highest BCUT2D eigenvalue weighted by Gasteiger charge is 2.07. The zero-order valence-electron chi connectivity index (χ0n) is 14.9. The minimum atomic E-state index is -3.13. The van der Waals surface area contributed by atoms with Gasteiger partial charge >= 0.3 is 0 Å². The Morgan fingerprint density at radius 2 is 1.58 bits per heavy atom. The lowest BCUT2D eigenvalue weighted by Gasteiger charge is -2.04. The zero-order valence-corrected chi connectivity index (χ0v) is 16.5. The van der Waals surface area contributed by atoms with Crippen LogP contribution in [0.15, 0.2) is 53.9 Å². The molecule has 26 heavy (non-hydrogen) atoms. The lowest BCUT2D eigenvalue weighted by Crippen LogP contribution is -2.24. The van der Waals surface area contributed by atoms with E-state index in [1.165, 1.54) is 11.8 Å². The highest BCUT2D eigenvalue weighted by atomic mass is 32.2. The van der Waals surface area contributed by atoms with Crippen LogP contribution in [0.5, 0.6) is 0 Å². The third kappa shape index (κ3) is 5.00. The lowest BCUT2D eigenvalue weighted by atomic mass is 10.1. The molecular weight excluding hydrogens is 364 g/mol. The Kier molecular flexibility index (Phi) is 5.86. The fraction of sp³-hybridized carbons (Fsp3) is 0.250. The number of sulfonamides is 1. The second kappa shape index (κ2) is 8.12. The molecule has 1 heterocycles. The first kappa shape index (κ1) is 18.8. The van der Waals surface area contributed by atoms with Crippen molar-refractivity contribution in [3.05, 3.63) is 65.0 Å². The molecule has 6 heteroatoms. The second-order valence-electron chi connectivity index (χ2n) is 6.20. The van der Waals surface area contributed by atoms with Gasteiger partial charge in [-0.25, -0.2) is 18.1 Å². The molecule has 2 aromatic carbocycles. The molecule has 0 amide bonds. The average molecular weight is 387 g/mol. The summed E-state index contributed by atoms with van der Waals surface area (Å²) in [6.45, 7) is 2.56. The van der Waals surface area contributed by atoms with Crippen molar-refractivity contribution in [1.82, 2.24) is 9.71 Å². The molecule has 0 atom stereocenters. The number of aryl methyl sites for hydroxylation is 1. The van der Waals surface area contributed by atoms with E-state index in [0.717, 1.165) is 33.8 Å². The van der Waals surface area contributed by atoms with E-state index in [0.29, 0.717) is 13.0 Å². The summed E-state index contributed by atoms with van der Waals surface area (Å²) in [5, 5.41) is 3.09. The molecule has 0 aliphatic rings. The molecule has 0 fully saturated rings. The quantitative estimate of drug-likeness (QED) is 0.664. The van der Waals surface area contributed by atoms with Crippen LogP contribution in [0.4, 0.5) is 0 Å². The number of nitrogens with one attached hydrogen (secondary N) is 1. The minimum absolute atomic E-state index is 0.410. The van der Waals surface area contributed by atoms with Crippen molar-refractivity contribution in [3.63, 3.8) is 0 Å². The smallest absolute Gasteiger partial charge is 0.208 e. The molecule has 1 N–H and O–H groups in total. The minimum Gasteiger partial charge on any atom is -0.236 e. The Morgan fingerprint density at radius 3 is 2.19 bits per heavy atom. The largest absolute Gasteiger partial charge is 0.236 e. The standard InChI is InChI=1S/C20H22N2O2S2/c1-3-15-4-10-18(11-5-15)20-22-19(14-25-20)17-8-6-16(7-9-17)12-13-21-26(2,23)24/h4-11,14,21H,3,12-13H2,1-2H3. The highest BCUT2D eigenvalue weighted by molar-refractivity contribution is 7.88. The summed E-state index contributed by atoms with van der Waals surface area (Å²) in [6.07, 6.45) is 2.88. The van der Waals surface area contributed by atoms with Gasteiger partial charge in [-0.3, -0.25) is 0 Å². The summed E-state index contributed by atoms with van der Waals surface area (Å²) in [5.74, 6) is 0. The maximum atomic E-state index is 11.1. The van der Waals surface area contributed by atoms with E-state index < -0.39 is 10.0 Å². The van der Waals surface area contributed by atoms with E-state index in [9.17, 15) is 8.42 Å². The maximum absolute atomic E-state index is 11.1. The third-order valence-corrected chi connectivity index (χ3v) is 5.76. The topological polar surface area (TPSA) is 59.1 Å². The molecule has 3 aromatic rings. The van der Waals surface area contributed by atoms with Crippen LogP contribution < -0.4 is 4.72 Å². The first-order valence-corrected chi connectivity index (χ1v) is 11.3. The van der Waals surface area contributed by atoms with Crippen LogP contribution in [0.1, 0.15) is 18.1 Å². The van der Waals surface area contributed by atoms with Crippen LogP contribution in [0, 0.1) is 0 Å². The van der Waals surface area contributed by atoms with Gasteiger partial charge in [0.1, 0.15) is 5.01 Å². The third-order valence-electron chi connectivity index (χ3n) is 4.14. The van der Waals surface area contributed by atoms with Crippen molar-refractivity contribution in [3.8, 4) is 21.8 Å². The fourth-order valence-electron chi connectivity index (χ4n) is 2.64. The van der Waals surface area contributed by atoms with E-state index in [4.69, 9.17) is 4.98 Å². The van der Waals surface area contributed by atoms with E-state index in [-0.39, 0.29) is 0 Å². The van der Waals surface area contributed by atoms with Crippen molar-refractivity contribution in [2.45, 2.75) is 19.8 Å².